The Hall–Kier alpha value is -1.43. The van der Waals surface area contributed by atoms with Gasteiger partial charge < -0.3 is 5.73 Å². The number of rotatable bonds is 2. The van der Waals surface area contributed by atoms with Crippen molar-refractivity contribution in [1.29, 1.82) is 0 Å². The van der Waals surface area contributed by atoms with E-state index in [1.54, 1.807) is 26.2 Å². The van der Waals surface area contributed by atoms with Crippen molar-refractivity contribution in [3.8, 4) is 0 Å². The molecule has 0 bridgehead atoms. The average molecular weight is 283 g/mol. The maximum Gasteiger partial charge on any atom is 0.244 e. The summed E-state index contributed by atoms with van der Waals surface area (Å²) in [5, 5.41) is 5.03. The first-order valence-electron chi connectivity index (χ1n) is 4.73. The third kappa shape index (κ3) is 1.49. The third-order valence-corrected chi connectivity index (χ3v) is 3.24. The van der Waals surface area contributed by atoms with Gasteiger partial charge in [-0.3, -0.25) is 4.79 Å². The number of amides is 1. The smallest absolute Gasteiger partial charge is 0.244 e. The minimum absolute atomic E-state index is 0.445. The van der Waals surface area contributed by atoms with Crippen molar-refractivity contribution in [2.24, 2.45) is 5.73 Å². The van der Waals surface area contributed by atoms with Gasteiger partial charge in [-0.1, -0.05) is 0 Å². The van der Waals surface area contributed by atoms with Gasteiger partial charge in [0.2, 0.25) is 5.91 Å². The molecule has 0 radical (unpaired) electrons. The molecule has 0 aliphatic heterocycles. The molecule has 0 saturated carbocycles. The van der Waals surface area contributed by atoms with Crippen LogP contribution >= 0.6 is 15.9 Å². The van der Waals surface area contributed by atoms with Crippen molar-refractivity contribution in [2.75, 3.05) is 0 Å². The Morgan fingerprint density at radius 1 is 1.56 bits per heavy atom. The predicted molar refractivity (Wildman–Crippen MR) is 63.7 cm³/mol. The molecule has 84 valence electrons. The lowest BCUT2D eigenvalue weighted by molar-refractivity contribution is -0.125. The number of nitrogens with zero attached hydrogens (tertiary/aromatic N) is 3. The largest absolute Gasteiger partial charge is 0.368 e. The Morgan fingerprint density at radius 2 is 2.25 bits per heavy atom. The predicted octanol–water partition coefficient (Wildman–Crippen LogP) is 1.41. The number of primary amides is 1. The van der Waals surface area contributed by atoms with Gasteiger partial charge in [0.05, 0.1) is 11.6 Å². The lowest BCUT2D eigenvalue weighted by Gasteiger charge is -2.21. The molecule has 0 saturated heterocycles. The minimum atomic E-state index is -0.893. The van der Waals surface area contributed by atoms with Crippen molar-refractivity contribution >= 4 is 32.9 Å². The van der Waals surface area contributed by atoms with Crippen LogP contribution in [0.25, 0.3) is 11.0 Å². The highest BCUT2D eigenvalue weighted by molar-refractivity contribution is 9.10. The topological polar surface area (TPSA) is 73.8 Å². The second-order valence-corrected chi connectivity index (χ2v) is 4.86. The van der Waals surface area contributed by atoms with Gasteiger partial charge >= 0.3 is 0 Å². The lowest BCUT2D eigenvalue weighted by atomic mass is 10.1. The summed E-state index contributed by atoms with van der Waals surface area (Å²) in [7, 11) is 0. The van der Waals surface area contributed by atoms with Crippen LogP contribution in [-0.4, -0.2) is 20.7 Å². The number of halogens is 1. The van der Waals surface area contributed by atoms with E-state index in [-0.39, 0.29) is 0 Å². The zero-order valence-electron chi connectivity index (χ0n) is 8.94. The minimum Gasteiger partial charge on any atom is -0.368 e. The Bertz CT molecular complexity index is 561. The van der Waals surface area contributed by atoms with Crippen LogP contribution in [-0.2, 0) is 10.3 Å². The van der Waals surface area contributed by atoms with Gasteiger partial charge in [0.1, 0.15) is 5.54 Å². The Balaban J connectivity index is 2.72. The number of hydrogen-bond acceptors (Lipinski definition) is 3. The summed E-state index contributed by atoms with van der Waals surface area (Å²) in [4.78, 5) is 15.6. The number of fused-ring (bicyclic) bond motifs is 1. The molecule has 0 spiro atoms. The first kappa shape index (κ1) is 11.1. The molecule has 6 heteroatoms. The zero-order valence-corrected chi connectivity index (χ0v) is 10.5. The van der Waals surface area contributed by atoms with Crippen LogP contribution in [0.4, 0.5) is 0 Å². The molecule has 2 aromatic heterocycles. The zero-order chi connectivity index (χ0) is 11.9. The molecule has 16 heavy (non-hydrogen) atoms. The number of pyridine rings is 1. The fraction of sp³-hybridized carbons (Fsp3) is 0.300. The summed E-state index contributed by atoms with van der Waals surface area (Å²) in [5.41, 5.74) is 5.10. The molecular formula is C10H11BrN4O. The van der Waals surface area contributed by atoms with Crippen LogP contribution in [0, 0.1) is 0 Å². The summed E-state index contributed by atoms with van der Waals surface area (Å²) < 4.78 is 2.43. The molecule has 2 rings (SSSR count). The summed E-state index contributed by atoms with van der Waals surface area (Å²) in [6.07, 6.45) is 3.32. The number of aromatic nitrogens is 3. The quantitative estimate of drug-likeness (QED) is 0.905. The summed E-state index contributed by atoms with van der Waals surface area (Å²) >= 11 is 3.40. The average Bonchev–Trinajstić information content (AvgIpc) is 2.63. The number of nitrogens with two attached hydrogens (primary N) is 1. The van der Waals surface area contributed by atoms with E-state index in [4.69, 9.17) is 5.73 Å². The fourth-order valence-electron chi connectivity index (χ4n) is 1.41. The van der Waals surface area contributed by atoms with Gasteiger partial charge in [0, 0.05) is 10.7 Å². The van der Waals surface area contributed by atoms with Gasteiger partial charge in [0.15, 0.2) is 5.65 Å². The Labute approximate surface area is 101 Å². The highest BCUT2D eigenvalue weighted by atomic mass is 79.9. The van der Waals surface area contributed by atoms with Gasteiger partial charge in [0.25, 0.3) is 0 Å². The highest BCUT2D eigenvalue weighted by Crippen LogP contribution is 2.25. The molecule has 2 heterocycles. The van der Waals surface area contributed by atoms with Crippen molar-refractivity contribution in [3.05, 3.63) is 22.9 Å². The van der Waals surface area contributed by atoms with E-state index in [1.165, 1.54) is 4.68 Å². The molecule has 0 atom stereocenters. The summed E-state index contributed by atoms with van der Waals surface area (Å²) in [6, 6.07) is 1.83. The maximum absolute atomic E-state index is 11.4. The summed E-state index contributed by atoms with van der Waals surface area (Å²) in [6.45, 7) is 3.43. The van der Waals surface area contributed by atoms with E-state index in [9.17, 15) is 4.79 Å². The van der Waals surface area contributed by atoms with Crippen LogP contribution in [0.3, 0.4) is 0 Å². The second-order valence-electron chi connectivity index (χ2n) is 4.01. The van der Waals surface area contributed by atoms with Crippen LogP contribution in [0.15, 0.2) is 22.9 Å². The molecule has 0 aromatic carbocycles. The van der Waals surface area contributed by atoms with E-state index in [0.717, 1.165) is 9.86 Å². The van der Waals surface area contributed by atoms with Gasteiger partial charge in [-0.2, -0.15) is 5.10 Å². The molecular weight excluding hydrogens is 272 g/mol. The molecule has 0 fully saturated rings. The SMILES string of the molecule is CC(C)(C(N)=O)n1ncc2c(Br)ccnc21. The first-order chi connectivity index (χ1) is 7.44. The van der Waals surface area contributed by atoms with Crippen molar-refractivity contribution in [2.45, 2.75) is 19.4 Å². The maximum atomic E-state index is 11.4. The molecule has 0 aliphatic carbocycles. The molecule has 2 N–H and O–H groups in total. The Kier molecular flexibility index (Phi) is 2.46. The monoisotopic (exact) mass is 282 g/mol. The highest BCUT2D eigenvalue weighted by Gasteiger charge is 2.30. The van der Waals surface area contributed by atoms with Crippen LogP contribution < -0.4 is 5.73 Å². The third-order valence-electron chi connectivity index (χ3n) is 2.55. The van der Waals surface area contributed by atoms with Gasteiger partial charge in [-0.25, -0.2) is 9.67 Å². The molecule has 5 nitrogen and oxygen atoms in total. The summed E-state index contributed by atoms with van der Waals surface area (Å²) in [5.74, 6) is -0.445. The molecule has 0 aliphatic rings. The van der Waals surface area contributed by atoms with E-state index in [1.807, 2.05) is 6.07 Å². The van der Waals surface area contributed by atoms with E-state index in [0.29, 0.717) is 5.65 Å². The molecule has 0 unspecified atom stereocenters. The normalized spacial score (nSPS) is 11.9. The van der Waals surface area contributed by atoms with Crippen LogP contribution in [0.5, 0.6) is 0 Å². The molecule has 1 amide bonds. The van der Waals surface area contributed by atoms with E-state index in [2.05, 4.69) is 26.0 Å². The number of hydrogen-bond donors (Lipinski definition) is 1. The molecule has 2 aromatic rings. The second kappa shape index (κ2) is 3.55. The lowest BCUT2D eigenvalue weighted by Crippen LogP contribution is -2.41. The first-order valence-corrected chi connectivity index (χ1v) is 5.52. The number of carbonyl (C=O) groups excluding carboxylic acids is 1. The van der Waals surface area contributed by atoms with Crippen molar-refractivity contribution in [1.82, 2.24) is 14.8 Å². The van der Waals surface area contributed by atoms with E-state index >= 15 is 0 Å². The standard InChI is InChI=1S/C10H11BrN4O/c1-10(2,9(12)16)15-8-6(5-14-15)7(11)3-4-13-8/h3-5H,1-2H3,(H2,12,16). The van der Waals surface area contributed by atoms with Crippen LogP contribution in [0.1, 0.15) is 13.8 Å². The van der Waals surface area contributed by atoms with E-state index < -0.39 is 11.4 Å². The van der Waals surface area contributed by atoms with Gasteiger partial charge in [-0.15, -0.1) is 0 Å². The van der Waals surface area contributed by atoms with Crippen LogP contribution in [0.2, 0.25) is 0 Å². The van der Waals surface area contributed by atoms with Crippen molar-refractivity contribution < 1.29 is 4.79 Å². The number of carbonyl (C=O) groups is 1. The van der Waals surface area contributed by atoms with Gasteiger partial charge in [-0.05, 0) is 35.8 Å². The fourth-order valence-corrected chi connectivity index (χ4v) is 1.81. The van der Waals surface area contributed by atoms with Crippen molar-refractivity contribution in [3.63, 3.8) is 0 Å². The Morgan fingerprint density at radius 3 is 2.88 bits per heavy atom.